The van der Waals surface area contributed by atoms with E-state index >= 15 is 0 Å². The van der Waals surface area contributed by atoms with E-state index in [0.29, 0.717) is 16.6 Å². The second-order valence-corrected chi connectivity index (χ2v) is 7.53. The Morgan fingerprint density at radius 2 is 1.91 bits per heavy atom. The predicted octanol–water partition coefficient (Wildman–Crippen LogP) is 3.33. The van der Waals surface area contributed by atoms with E-state index in [1.54, 1.807) is 35.7 Å². The first kappa shape index (κ1) is 15.5. The average Bonchev–Trinajstić information content (AvgIpc) is 2.91. The summed E-state index contributed by atoms with van der Waals surface area (Å²) in [5.74, 6) is -0.964. The first-order valence-corrected chi connectivity index (χ1v) is 9.12. The van der Waals surface area contributed by atoms with Crippen LogP contribution in [0.5, 0.6) is 0 Å². The van der Waals surface area contributed by atoms with Crippen molar-refractivity contribution in [2.75, 3.05) is 4.72 Å². The second kappa shape index (κ2) is 6.02. The molecule has 3 aromatic rings. The Hall–Kier alpha value is -2.38. The van der Waals surface area contributed by atoms with Gasteiger partial charge in [0.1, 0.15) is 4.90 Å². The average molecular weight is 347 g/mol. The molecule has 0 aliphatic rings. The van der Waals surface area contributed by atoms with Gasteiger partial charge >= 0.3 is 5.97 Å². The van der Waals surface area contributed by atoms with Crippen molar-refractivity contribution in [3.8, 4) is 0 Å². The SMILES string of the molecule is O=C(O)Cc1cccc(NS(=O)(=O)c2csc3ccccc23)c1. The molecule has 3 rings (SSSR count). The zero-order valence-electron chi connectivity index (χ0n) is 11.9. The van der Waals surface area contributed by atoms with Crippen molar-refractivity contribution in [2.24, 2.45) is 0 Å². The third-order valence-corrected chi connectivity index (χ3v) is 5.80. The maximum Gasteiger partial charge on any atom is 0.307 e. The summed E-state index contributed by atoms with van der Waals surface area (Å²) in [6, 6.07) is 13.7. The van der Waals surface area contributed by atoms with Crippen molar-refractivity contribution in [3.63, 3.8) is 0 Å². The standard InChI is InChI=1S/C16H13NO4S2/c18-16(19)9-11-4-3-5-12(8-11)17-23(20,21)15-10-22-14-7-2-1-6-13(14)15/h1-8,10,17H,9H2,(H,18,19). The number of anilines is 1. The number of rotatable bonds is 5. The number of aliphatic carboxylic acids is 1. The summed E-state index contributed by atoms with van der Waals surface area (Å²) in [5.41, 5.74) is 0.881. The summed E-state index contributed by atoms with van der Waals surface area (Å²) in [7, 11) is -3.73. The molecule has 0 spiro atoms. The number of carbonyl (C=O) groups is 1. The molecule has 2 aromatic carbocycles. The highest BCUT2D eigenvalue weighted by Crippen LogP contribution is 2.30. The summed E-state index contributed by atoms with van der Waals surface area (Å²) in [4.78, 5) is 11.0. The molecule has 0 bridgehead atoms. The van der Waals surface area contributed by atoms with Gasteiger partial charge in [-0.2, -0.15) is 0 Å². The molecule has 0 aliphatic carbocycles. The molecule has 0 atom stereocenters. The number of thiophene rings is 1. The topological polar surface area (TPSA) is 83.5 Å². The molecule has 7 heteroatoms. The van der Waals surface area contributed by atoms with E-state index in [2.05, 4.69) is 4.72 Å². The quantitative estimate of drug-likeness (QED) is 0.741. The van der Waals surface area contributed by atoms with Crippen LogP contribution in [-0.4, -0.2) is 19.5 Å². The van der Waals surface area contributed by atoms with E-state index in [4.69, 9.17) is 5.11 Å². The van der Waals surface area contributed by atoms with Crippen LogP contribution in [-0.2, 0) is 21.2 Å². The second-order valence-electron chi connectivity index (χ2n) is 4.97. The number of benzene rings is 2. The molecule has 0 radical (unpaired) electrons. The molecular weight excluding hydrogens is 334 g/mol. The van der Waals surface area contributed by atoms with E-state index < -0.39 is 16.0 Å². The van der Waals surface area contributed by atoms with Gasteiger partial charge in [-0.3, -0.25) is 9.52 Å². The van der Waals surface area contributed by atoms with Crippen molar-refractivity contribution in [2.45, 2.75) is 11.3 Å². The van der Waals surface area contributed by atoms with Crippen molar-refractivity contribution < 1.29 is 18.3 Å². The summed E-state index contributed by atoms with van der Waals surface area (Å²) >= 11 is 1.37. The maximum absolute atomic E-state index is 12.6. The highest BCUT2D eigenvalue weighted by molar-refractivity contribution is 7.93. The molecule has 0 aliphatic heterocycles. The third kappa shape index (κ3) is 3.35. The number of hydrogen-bond donors (Lipinski definition) is 2. The van der Waals surface area contributed by atoms with E-state index in [1.165, 1.54) is 17.4 Å². The highest BCUT2D eigenvalue weighted by Gasteiger charge is 2.19. The summed E-state index contributed by atoms with van der Waals surface area (Å²) < 4.78 is 28.6. The minimum absolute atomic E-state index is 0.156. The largest absolute Gasteiger partial charge is 0.481 e. The monoisotopic (exact) mass is 347 g/mol. The summed E-state index contributed by atoms with van der Waals surface area (Å²) in [6.45, 7) is 0. The molecule has 1 heterocycles. The van der Waals surface area contributed by atoms with Gasteiger partial charge in [0.25, 0.3) is 10.0 Å². The van der Waals surface area contributed by atoms with Gasteiger partial charge in [0.05, 0.1) is 6.42 Å². The lowest BCUT2D eigenvalue weighted by Gasteiger charge is -2.08. The fourth-order valence-corrected chi connectivity index (χ4v) is 4.84. The first-order chi connectivity index (χ1) is 11.0. The molecule has 118 valence electrons. The number of carboxylic acids is 1. The zero-order valence-corrected chi connectivity index (χ0v) is 13.5. The molecular formula is C16H13NO4S2. The molecule has 0 amide bonds. The van der Waals surface area contributed by atoms with E-state index in [0.717, 1.165) is 4.70 Å². The lowest BCUT2D eigenvalue weighted by atomic mass is 10.1. The van der Waals surface area contributed by atoms with Gasteiger partial charge in [-0.15, -0.1) is 11.3 Å². The van der Waals surface area contributed by atoms with Gasteiger partial charge in [-0.1, -0.05) is 30.3 Å². The molecule has 0 fully saturated rings. The van der Waals surface area contributed by atoms with Crippen LogP contribution >= 0.6 is 11.3 Å². The molecule has 0 saturated carbocycles. The van der Waals surface area contributed by atoms with Gasteiger partial charge in [0.2, 0.25) is 0 Å². The van der Waals surface area contributed by atoms with E-state index in [1.807, 2.05) is 12.1 Å². The van der Waals surface area contributed by atoms with Crippen molar-refractivity contribution in [3.05, 3.63) is 59.5 Å². The van der Waals surface area contributed by atoms with Crippen LogP contribution in [0.15, 0.2) is 58.8 Å². The van der Waals surface area contributed by atoms with Gasteiger partial charge < -0.3 is 5.11 Å². The van der Waals surface area contributed by atoms with Gasteiger partial charge in [0, 0.05) is 21.2 Å². The molecule has 0 unspecified atom stereocenters. The molecule has 1 aromatic heterocycles. The van der Waals surface area contributed by atoms with Crippen LogP contribution in [0, 0.1) is 0 Å². The fourth-order valence-electron chi connectivity index (χ4n) is 2.29. The lowest BCUT2D eigenvalue weighted by molar-refractivity contribution is -0.136. The van der Waals surface area contributed by atoms with Crippen molar-refractivity contribution in [1.82, 2.24) is 0 Å². The first-order valence-electron chi connectivity index (χ1n) is 6.75. The Morgan fingerprint density at radius 3 is 2.70 bits per heavy atom. The summed E-state index contributed by atoms with van der Waals surface area (Å²) in [5, 5.41) is 11.1. The van der Waals surface area contributed by atoms with Crippen LogP contribution in [0.1, 0.15) is 5.56 Å². The van der Waals surface area contributed by atoms with Crippen LogP contribution in [0.2, 0.25) is 0 Å². The normalized spacial score (nSPS) is 11.5. The van der Waals surface area contributed by atoms with Gasteiger partial charge in [-0.05, 0) is 23.8 Å². The van der Waals surface area contributed by atoms with Crippen molar-refractivity contribution in [1.29, 1.82) is 0 Å². The Kier molecular flexibility index (Phi) is 4.06. The van der Waals surface area contributed by atoms with Gasteiger partial charge in [-0.25, -0.2) is 8.42 Å². The van der Waals surface area contributed by atoms with E-state index in [9.17, 15) is 13.2 Å². The molecule has 2 N–H and O–H groups in total. The van der Waals surface area contributed by atoms with Crippen LogP contribution in [0.3, 0.4) is 0 Å². The van der Waals surface area contributed by atoms with E-state index in [-0.39, 0.29) is 11.3 Å². The Labute approximate surface area is 137 Å². The number of nitrogens with one attached hydrogen (secondary N) is 1. The Balaban J connectivity index is 1.94. The number of sulfonamides is 1. The van der Waals surface area contributed by atoms with Gasteiger partial charge in [0.15, 0.2) is 0 Å². The number of carboxylic acid groups (broad SMARTS) is 1. The predicted molar refractivity (Wildman–Crippen MR) is 90.4 cm³/mol. The maximum atomic E-state index is 12.6. The van der Waals surface area contributed by atoms with Crippen LogP contribution in [0.25, 0.3) is 10.1 Å². The number of hydrogen-bond acceptors (Lipinski definition) is 4. The molecule has 0 saturated heterocycles. The van der Waals surface area contributed by atoms with Crippen molar-refractivity contribution >= 4 is 43.1 Å². The van der Waals surface area contributed by atoms with Crippen LogP contribution < -0.4 is 4.72 Å². The fraction of sp³-hybridized carbons (Fsp3) is 0.0625. The smallest absolute Gasteiger partial charge is 0.307 e. The minimum atomic E-state index is -3.73. The molecule has 23 heavy (non-hydrogen) atoms. The number of fused-ring (bicyclic) bond motifs is 1. The minimum Gasteiger partial charge on any atom is -0.481 e. The zero-order chi connectivity index (χ0) is 16.4. The summed E-state index contributed by atoms with van der Waals surface area (Å²) in [6.07, 6.45) is -0.156. The lowest BCUT2D eigenvalue weighted by Crippen LogP contribution is -2.12. The Morgan fingerprint density at radius 1 is 1.13 bits per heavy atom. The highest BCUT2D eigenvalue weighted by atomic mass is 32.2. The third-order valence-electron chi connectivity index (χ3n) is 3.27. The van der Waals surface area contributed by atoms with Crippen LogP contribution in [0.4, 0.5) is 5.69 Å². The Bertz CT molecular complexity index is 976. The molecule has 5 nitrogen and oxygen atoms in total.